The fourth-order valence-electron chi connectivity index (χ4n) is 2.91. The second kappa shape index (κ2) is 7.48. The van der Waals surface area contributed by atoms with Crippen molar-refractivity contribution in [3.05, 3.63) is 29.8 Å². The summed E-state index contributed by atoms with van der Waals surface area (Å²) in [4.78, 5) is 12.5. The highest BCUT2D eigenvalue weighted by atomic mass is 16.5. The molecule has 0 aromatic heterocycles. The topological polar surface area (TPSA) is 38.3 Å². The predicted molar refractivity (Wildman–Crippen MR) is 88.5 cm³/mol. The molecule has 0 heterocycles. The summed E-state index contributed by atoms with van der Waals surface area (Å²) in [5.41, 5.74) is 1.51. The van der Waals surface area contributed by atoms with Crippen molar-refractivity contribution in [3.8, 4) is 0 Å². The van der Waals surface area contributed by atoms with Gasteiger partial charge < -0.3 is 10.1 Å². The zero-order valence-corrected chi connectivity index (χ0v) is 14.2. The van der Waals surface area contributed by atoms with Gasteiger partial charge in [-0.1, -0.05) is 45.4 Å². The van der Waals surface area contributed by atoms with Crippen LogP contribution in [0.5, 0.6) is 0 Å². The van der Waals surface area contributed by atoms with Crippen LogP contribution in [0.1, 0.15) is 46.1 Å². The highest BCUT2D eigenvalue weighted by Gasteiger charge is 2.40. The Morgan fingerprint density at radius 1 is 1.10 bits per heavy atom. The van der Waals surface area contributed by atoms with Gasteiger partial charge in [-0.05, 0) is 43.7 Å². The first-order valence-corrected chi connectivity index (χ1v) is 7.72. The first-order valence-electron chi connectivity index (χ1n) is 7.72. The van der Waals surface area contributed by atoms with Crippen LogP contribution in [0, 0.1) is 18.8 Å². The SMILES string of the molecule is COC(=O)C(CC(C)C)(CC(C)C)Nc1ccc(C)cc1. The van der Waals surface area contributed by atoms with Gasteiger partial charge in [-0.2, -0.15) is 0 Å². The van der Waals surface area contributed by atoms with E-state index in [1.165, 1.54) is 12.7 Å². The minimum Gasteiger partial charge on any atom is -0.467 e. The molecule has 0 unspecified atom stereocenters. The molecule has 1 N–H and O–H groups in total. The summed E-state index contributed by atoms with van der Waals surface area (Å²) in [6.45, 7) is 10.6. The molecule has 0 spiro atoms. The van der Waals surface area contributed by atoms with Crippen molar-refractivity contribution < 1.29 is 9.53 Å². The summed E-state index contributed by atoms with van der Waals surface area (Å²) < 4.78 is 5.11. The lowest BCUT2D eigenvalue weighted by atomic mass is 9.81. The summed E-state index contributed by atoms with van der Waals surface area (Å²) in [6.07, 6.45) is 1.51. The molecule has 0 aliphatic heterocycles. The van der Waals surface area contributed by atoms with Gasteiger partial charge in [0.15, 0.2) is 0 Å². The minimum absolute atomic E-state index is 0.175. The van der Waals surface area contributed by atoms with E-state index in [9.17, 15) is 4.79 Å². The first kappa shape index (κ1) is 17.5. The lowest BCUT2D eigenvalue weighted by Gasteiger charge is -2.36. The smallest absolute Gasteiger partial charge is 0.331 e. The van der Waals surface area contributed by atoms with Crippen LogP contribution in [0.25, 0.3) is 0 Å². The van der Waals surface area contributed by atoms with E-state index in [2.05, 4.69) is 52.1 Å². The summed E-state index contributed by atoms with van der Waals surface area (Å²) in [5.74, 6) is 0.632. The van der Waals surface area contributed by atoms with Crippen LogP contribution < -0.4 is 5.32 Å². The number of benzene rings is 1. The van der Waals surface area contributed by atoms with Gasteiger partial charge in [0.1, 0.15) is 5.54 Å². The van der Waals surface area contributed by atoms with Crippen LogP contribution in [0.4, 0.5) is 5.69 Å². The van der Waals surface area contributed by atoms with E-state index in [-0.39, 0.29) is 5.97 Å². The van der Waals surface area contributed by atoms with Gasteiger partial charge in [0, 0.05) is 5.69 Å². The molecule has 0 radical (unpaired) electrons. The number of rotatable bonds is 7. The van der Waals surface area contributed by atoms with Crippen molar-refractivity contribution in [2.45, 2.75) is 53.0 Å². The van der Waals surface area contributed by atoms with Crippen LogP contribution in [0.2, 0.25) is 0 Å². The standard InChI is InChI=1S/C18H29NO2/c1-13(2)11-18(12-14(3)4,17(20)21-6)19-16-9-7-15(5)8-10-16/h7-10,13-14,19H,11-12H2,1-6H3. The van der Waals surface area contributed by atoms with Crippen molar-refractivity contribution in [1.82, 2.24) is 0 Å². The van der Waals surface area contributed by atoms with Gasteiger partial charge in [0.2, 0.25) is 0 Å². The van der Waals surface area contributed by atoms with Crippen LogP contribution in [0.15, 0.2) is 24.3 Å². The fraction of sp³-hybridized carbons (Fsp3) is 0.611. The molecule has 1 aromatic carbocycles. The van der Waals surface area contributed by atoms with Gasteiger partial charge in [0.05, 0.1) is 7.11 Å². The van der Waals surface area contributed by atoms with E-state index >= 15 is 0 Å². The van der Waals surface area contributed by atoms with E-state index in [4.69, 9.17) is 4.74 Å². The third kappa shape index (κ3) is 5.07. The van der Waals surface area contributed by atoms with Crippen molar-refractivity contribution in [2.75, 3.05) is 12.4 Å². The van der Waals surface area contributed by atoms with E-state index in [1.807, 2.05) is 12.1 Å². The van der Waals surface area contributed by atoms with E-state index in [0.717, 1.165) is 18.5 Å². The molecule has 21 heavy (non-hydrogen) atoms. The second-order valence-corrected chi connectivity index (χ2v) is 6.76. The predicted octanol–water partition coefficient (Wildman–Crippen LogP) is 4.41. The minimum atomic E-state index is -0.660. The number of hydrogen-bond donors (Lipinski definition) is 1. The number of hydrogen-bond acceptors (Lipinski definition) is 3. The molecular formula is C18H29NO2. The highest BCUT2D eigenvalue weighted by molar-refractivity contribution is 5.84. The quantitative estimate of drug-likeness (QED) is 0.756. The Hall–Kier alpha value is -1.51. The molecule has 118 valence electrons. The third-order valence-electron chi connectivity index (χ3n) is 3.52. The van der Waals surface area contributed by atoms with Crippen LogP contribution in [0.3, 0.4) is 0 Å². The van der Waals surface area contributed by atoms with E-state index < -0.39 is 5.54 Å². The zero-order chi connectivity index (χ0) is 16.0. The molecule has 3 heteroatoms. The molecule has 0 bridgehead atoms. The summed E-state index contributed by atoms with van der Waals surface area (Å²) in [5, 5.41) is 3.46. The number of ether oxygens (including phenoxy) is 1. The Bertz CT molecular complexity index is 439. The van der Waals surface area contributed by atoms with E-state index in [1.54, 1.807) is 0 Å². The first-order chi connectivity index (χ1) is 9.79. The summed E-state index contributed by atoms with van der Waals surface area (Å²) in [6, 6.07) is 8.14. The maximum absolute atomic E-state index is 12.5. The Labute approximate surface area is 129 Å². The van der Waals surface area contributed by atoms with Crippen molar-refractivity contribution in [3.63, 3.8) is 0 Å². The van der Waals surface area contributed by atoms with Crippen LogP contribution >= 0.6 is 0 Å². The molecule has 0 amide bonds. The van der Waals surface area contributed by atoms with Gasteiger partial charge in [0.25, 0.3) is 0 Å². The van der Waals surface area contributed by atoms with Crippen LogP contribution in [-0.4, -0.2) is 18.6 Å². The molecule has 0 aliphatic carbocycles. The number of aryl methyl sites for hydroxylation is 1. The average Bonchev–Trinajstić information content (AvgIpc) is 2.38. The Morgan fingerprint density at radius 2 is 1.57 bits per heavy atom. The number of anilines is 1. The van der Waals surface area contributed by atoms with Gasteiger partial charge in [-0.15, -0.1) is 0 Å². The highest BCUT2D eigenvalue weighted by Crippen LogP contribution is 2.30. The Morgan fingerprint density at radius 3 is 1.95 bits per heavy atom. The molecule has 0 saturated heterocycles. The van der Waals surface area contributed by atoms with Gasteiger partial charge in [-0.25, -0.2) is 4.79 Å². The number of carbonyl (C=O) groups excluding carboxylic acids is 1. The number of nitrogens with one attached hydrogen (secondary N) is 1. The van der Waals surface area contributed by atoms with Crippen molar-refractivity contribution >= 4 is 11.7 Å². The monoisotopic (exact) mass is 291 g/mol. The number of methoxy groups -OCH3 is 1. The van der Waals surface area contributed by atoms with Gasteiger partial charge >= 0.3 is 5.97 Å². The Balaban J connectivity index is 3.13. The molecule has 0 atom stereocenters. The van der Waals surface area contributed by atoms with Crippen LogP contribution in [-0.2, 0) is 9.53 Å². The molecule has 1 rings (SSSR count). The van der Waals surface area contributed by atoms with Gasteiger partial charge in [-0.3, -0.25) is 0 Å². The Kier molecular flexibility index (Phi) is 6.25. The molecule has 0 aliphatic rings. The largest absolute Gasteiger partial charge is 0.467 e. The maximum Gasteiger partial charge on any atom is 0.331 e. The zero-order valence-electron chi connectivity index (χ0n) is 14.2. The lowest BCUT2D eigenvalue weighted by molar-refractivity contribution is -0.147. The summed E-state index contributed by atoms with van der Waals surface area (Å²) >= 11 is 0. The summed E-state index contributed by atoms with van der Waals surface area (Å²) in [7, 11) is 1.47. The molecule has 3 nitrogen and oxygen atoms in total. The second-order valence-electron chi connectivity index (χ2n) is 6.76. The fourth-order valence-corrected chi connectivity index (χ4v) is 2.91. The van der Waals surface area contributed by atoms with Crippen molar-refractivity contribution in [2.24, 2.45) is 11.8 Å². The molecule has 1 aromatic rings. The average molecular weight is 291 g/mol. The molecular weight excluding hydrogens is 262 g/mol. The maximum atomic E-state index is 12.5. The molecule has 0 saturated carbocycles. The van der Waals surface area contributed by atoms with E-state index in [0.29, 0.717) is 11.8 Å². The van der Waals surface area contributed by atoms with Crippen molar-refractivity contribution in [1.29, 1.82) is 0 Å². The number of esters is 1. The normalized spacial score (nSPS) is 11.8. The molecule has 0 fully saturated rings. The number of carbonyl (C=O) groups is 1. The lowest BCUT2D eigenvalue weighted by Crippen LogP contribution is -2.49. The third-order valence-corrected chi connectivity index (χ3v) is 3.52.